The minimum absolute atomic E-state index is 0.0553. The molecule has 1 aromatic heterocycles. The predicted molar refractivity (Wildman–Crippen MR) is 150 cm³/mol. The first-order valence-corrected chi connectivity index (χ1v) is 13.5. The molecule has 8 nitrogen and oxygen atoms in total. The van der Waals surface area contributed by atoms with Crippen molar-refractivity contribution in [3.8, 4) is 17.2 Å². The number of amides is 1. The van der Waals surface area contributed by atoms with Gasteiger partial charge in [-0.15, -0.1) is 0 Å². The average Bonchev–Trinajstić information content (AvgIpc) is 3.57. The number of thiocarbonyl (C=S) groups is 1. The normalized spacial score (nSPS) is 16.6. The van der Waals surface area contributed by atoms with E-state index in [1.807, 2.05) is 47.4 Å². The lowest BCUT2D eigenvalue weighted by Gasteiger charge is -2.39. The Balaban J connectivity index is 1.11. The Bertz CT molecular complexity index is 1310. The maximum absolute atomic E-state index is 13.2. The molecule has 38 heavy (non-hydrogen) atoms. The first kappa shape index (κ1) is 26.2. The molecule has 3 aromatic rings. The molecule has 1 N–H and O–H groups in total. The van der Waals surface area contributed by atoms with E-state index in [9.17, 15) is 4.79 Å². The van der Waals surface area contributed by atoms with Gasteiger partial charge in [0, 0.05) is 38.1 Å². The molecule has 0 atom stereocenters. The van der Waals surface area contributed by atoms with Crippen molar-refractivity contribution in [1.29, 1.82) is 0 Å². The minimum atomic E-state index is -0.0553. The fraction of sp³-hybridized carbons (Fsp3) is 0.448. The summed E-state index contributed by atoms with van der Waals surface area (Å²) in [7, 11) is 4.89. The summed E-state index contributed by atoms with van der Waals surface area (Å²) in [5.41, 5.74) is 1.98. The number of rotatable bonds is 7. The highest BCUT2D eigenvalue weighted by molar-refractivity contribution is 7.80. The van der Waals surface area contributed by atoms with Crippen LogP contribution >= 0.6 is 12.2 Å². The Morgan fingerprint density at radius 1 is 0.947 bits per heavy atom. The molecule has 0 saturated carbocycles. The van der Waals surface area contributed by atoms with Crippen LogP contribution in [0, 0.1) is 5.41 Å². The molecule has 5 rings (SSSR count). The molecule has 2 aliphatic rings. The largest absolute Gasteiger partial charge is 0.493 e. The molecule has 1 spiro atoms. The maximum atomic E-state index is 13.2. The second-order valence-electron chi connectivity index (χ2n) is 10.1. The summed E-state index contributed by atoms with van der Waals surface area (Å²) >= 11 is 5.73. The fourth-order valence-electron chi connectivity index (χ4n) is 5.62. The third-order valence-electron chi connectivity index (χ3n) is 7.91. The molecular formula is C29H35N3O5S. The number of likely N-dealkylation sites (tertiary alicyclic amines) is 2. The Hall–Kier alpha value is -3.46. The zero-order chi connectivity index (χ0) is 26.7. The Labute approximate surface area is 228 Å². The Kier molecular flexibility index (Phi) is 7.65. The number of piperidine rings is 1. The van der Waals surface area contributed by atoms with E-state index in [0.29, 0.717) is 17.1 Å². The number of nitrogens with zero attached hydrogens (tertiary/aromatic N) is 2. The van der Waals surface area contributed by atoms with Crippen LogP contribution < -0.4 is 19.5 Å². The van der Waals surface area contributed by atoms with Crippen LogP contribution in [0.1, 0.15) is 35.4 Å². The number of furan rings is 1. The van der Waals surface area contributed by atoms with Crippen molar-refractivity contribution in [2.45, 2.75) is 25.7 Å². The SMILES string of the molecule is COc1ccc(CCNC(=S)N2CCC3(CCN(C(=O)c4cc5cccc(OC)c5o4)CC3)C2)cc1OC. The number of para-hydroxylation sites is 1. The topological polar surface area (TPSA) is 76.4 Å². The van der Waals surface area contributed by atoms with Gasteiger partial charge in [-0.3, -0.25) is 4.79 Å². The summed E-state index contributed by atoms with van der Waals surface area (Å²) in [5, 5.41) is 5.11. The van der Waals surface area contributed by atoms with Crippen molar-refractivity contribution in [3.63, 3.8) is 0 Å². The van der Waals surface area contributed by atoms with Gasteiger partial charge in [0.15, 0.2) is 33.7 Å². The van der Waals surface area contributed by atoms with Gasteiger partial charge < -0.3 is 33.7 Å². The predicted octanol–water partition coefficient (Wildman–Crippen LogP) is 4.50. The van der Waals surface area contributed by atoms with Crippen molar-refractivity contribution >= 4 is 34.2 Å². The van der Waals surface area contributed by atoms with Gasteiger partial charge in [-0.05, 0) is 73.1 Å². The van der Waals surface area contributed by atoms with Crippen LogP contribution in [0.5, 0.6) is 17.2 Å². The number of nitrogens with one attached hydrogen (secondary N) is 1. The van der Waals surface area contributed by atoms with E-state index < -0.39 is 0 Å². The number of fused-ring (bicyclic) bond motifs is 1. The van der Waals surface area contributed by atoms with E-state index in [4.69, 9.17) is 30.8 Å². The third kappa shape index (κ3) is 5.25. The van der Waals surface area contributed by atoms with Crippen LogP contribution in [0.3, 0.4) is 0 Å². The standard InChI is InChI=1S/C29H35N3O5S/c1-34-22-8-7-20(17-24(22)36-3)9-13-30-28(38)32-16-12-29(19-32)10-14-31(15-11-29)27(33)25-18-21-5-4-6-23(35-2)26(21)37-25/h4-8,17-18H,9-16,19H2,1-3H3,(H,30,38). The van der Waals surface area contributed by atoms with E-state index in [1.54, 1.807) is 21.3 Å². The van der Waals surface area contributed by atoms with Crippen LogP contribution in [-0.4, -0.2) is 74.9 Å². The second-order valence-corrected chi connectivity index (χ2v) is 10.5. The zero-order valence-electron chi connectivity index (χ0n) is 22.2. The van der Waals surface area contributed by atoms with Gasteiger partial charge in [-0.25, -0.2) is 0 Å². The van der Waals surface area contributed by atoms with Crippen LogP contribution in [-0.2, 0) is 6.42 Å². The first-order chi connectivity index (χ1) is 18.4. The van der Waals surface area contributed by atoms with Gasteiger partial charge in [-0.1, -0.05) is 18.2 Å². The van der Waals surface area contributed by atoms with Gasteiger partial charge in [0.2, 0.25) is 0 Å². The monoisotopic (exact) mass is 537 g/mol. The molecule has 0 bridgehead atoms. The van der Waals surface area contributed by atoms with Crippen molar-refractivity contribution < 1.29 is 23.4 Å². The molecule has 2 aromatic carbocycles. The summed E-state index contributed by atoms with van der Waals surface area (Å²) < 4.78 is 22.0. The number of ether oxygens (including phenoxy) is 3. The lowest BCUT2D eigenvalue weighted by atomic mass is 9.78. The van der Waals surface area contributed by atoms with E-state index in [0.717, 1.165) is 86.0 Å². The molecular weight excluding hydrogens is 502 g/mol. The van der Waals surface area contributed by atoms with Crippen LogP contribution in [0.25, 0.3) is 11.0 Å². The maximum Gasteiger partial charge on any atom is 0.289 e. The molecule has 3 heterocycles. The van der Waals surface area contributed by atoms with Crippen LogP contribution in [0.15, 0.2) is 46.9 Å². The van der Waals surface area contributed by atoms with Gasteiger partial charge >= 0.3 is 0 Å². The number of carbonyl (C=O) groups is 1. The number of benzene rings is 2. The lowest BCUT2D eigenvalue weighted by Crippen LogP contribution is -2.45. The van der Waals surface area contributed by atoms with Gasteiger partial charge in [0.25, 0.3) is 5.91 Å². The van der Waals surface area contributed by atoms with Crippen LogP contribution in [0.2, 0.25) is 0 Å². The molecule has 1 amide bonds. The highest BCUT2D eigenvalue weighted by Crippen LogP contribution is 2.41. The van der Waals surface area contributed by atoms with Crippen molar-refractivity contribution in [1.82, 2.24) is 15.1 Å². The van der Waals surface area contributed by atoms with Crippen molar-refractivity contribution in [2.24, 2.45) is 5.41 Å². The molecule has 2 fully saturated rings. The Morgan fingerprint density at radius 3 is 2.37 bits per heavy atom. The van der Waals surface area contributed by atoms with E-state index in [1.165, 1.54) is 0 Å². The molecule has 2 aliphatic heterocycles. The molecule has 0 radical (unpaired) electrons. The zero-order valence-corrected chi connectivity index (χ0v) is 23.1. The number of carbonyl (C=O) groups excluding carboxylic acids is 1. The van der Waals surface area contributed by atoms with Gasteiger partial charge in [0.1, 0.15) is 0 Å². The van der Waals surface area contributed by atoms with E-state index >= 15 is 0 Å². The quantitative estimate of drug-likeness (QED) is 0.442. The summed E-state index contributed by atoms with van der Waals surface area (Å²) in [4.78, 5) is 17.4. The van der Waals surface area contributed by atoms with Crippen molar-refractivity contribution in [2.75, 3.05) is 54.1 Å². The summed E-state index contributed by atoms with van der Waals surface area (Å²) in [6.45, 7) is 4.07. The summed E-state index contributed by atoms with van der Waals surface area (Å²) in [6.07, 6.45) is 3.86. The number of hydrogen-bond donors (Lipinski definition) is 1. The molecule has 9 heteroatoms. The molecule has 0 unspecified atom stereocenters. The molecule has 202 valence electrons. The van der Waals surface area contributed by atoms with Gasteiger partial charge in [0.05, 0.1) is 21.3 Å². The van der Waals surface area contributed by atoms with E-state index in [-0.39, 0.29) is 11.3 Å². The van der Waals surface area contributed by atoms with Gasteiger partial charge in [-0.2, -0.15) is 0 Å². The third-order valence-corrected chi connectivity index (χ3v) is 8.32. The fourth-order valence-corrected chi connectivity index (χ4v) is 5.88. The second kappa shape index (κ2) is 11.1. The summed E-state index contributed by atoms with van der Waals surface area (Å²) in [6, 6.07) is 13.5. The minimum Gasteiger partial charge on any atom is -0.493 e. The molecule has 2 saturated heterocycles. The van der Waals surface area contributed by atoms with Crippen LogP contribution in [0.4, 0.5) is 0 Å². The first-order valence-electron chi connectivity index (χ1n) is 13.0. The number of methoxy groups -OCH3 is 3. The average molecular weight is 538 g/mol. The highest BCUT2D eigenvalue weighted by Gasteiger charge is 2.42. The lowest BCUT2D eigenvalue weighted by molar-refractivity contribution is 0.0570. The molecule has 0 aliphatic carbocycles. The smallest absolute Gasteiger partial charge is 0.289 e. The van der Waals surface area contributed by atoms with Crippen molar-refractivity contribution in [3.05, 3.63) is 53.8 Å². The number of hydrogen-bond acceptors (Lipinski definition) is 6. The summed E-state index contributed by atoms with van der Waals surface area (Å²) in [5.74, 6) is 2.42. The Morgan fingerprint density at radius 2 is 1.66 bits per heavy atom. The van der Waals surface area contributed by atoms with E-state index in [2.05, 4.69) is 10.2 Å². The highest BCUT2D eigenvalue weighted by atomic mass is 32.1.